The molecule has 32 heavy (non-hydrogen) atoms. The van der Waals surface area contributed by atoms with Gasteiger partial charge in [-0.2, -0.15) is 0 Å². The van der Waals surface area contributed by atoms with E-state index in [1.54, 1.807) is 43.3 Å². The zero-order chi connectivity index (χ0) is 23.5. The second-order valence-electron chi connectivity index (χ2n) is 8.58. The normalized spacial score (nSPS) is 18.0. The number of benzene rings is 2. The Bertz CT molecular complexity index is 1030. The first-order valence-corrected chi connectivity index (χ1v) is 10.5. The molecule has 1 unspecified atom stereocenters. The summed E-state index contributed by atoms with van der Waals surface area (Å²) < 4.78 is 0. The monoisotopic (exact) mass is 436 g/mol. The van der Waals surface area contributed by atoms with Crippen molar-refractivity contribution in [1.29, 1.82) is 0 Å². The first-order chi connectivity index (χ1) is 15.1. The molecule has 0 aromatic heterocycles. The van der Waals surface area contributed by atoms with Crippen molar-refractivity contribution in [2.24, 2.45) is 5.92 Å². The van der Waals surface area contributed by atoms with Crippen molar-refractivity contribution in [2.45, 2.75) is 39.7 Å². The number of hydrogen-bond donors (Lipinski definition) is 3. The minimum absolute atomic E-state index is 0.0769. The van der Waals surface area contributed by atoms with E-state index in [4.69, 9.17) is 0 Å². The fourth-order valence-electron chi connectivity index (χ4n) is 3.49. The van der Waals surface area contributed by atoms with Gasteiger partial charge in [0.05, 0.1) is 0 Å². The molecule has 2 aromatic carbocycles. The first-order valence-electron chi connectivity index (χ1n) is 10.5. The van der Waals surface area contributed by atoms with Gasteiger partial charge >= 0.3 is 6.03 Å². The molecule has 8 heteroatoms. The predicted molar refractivity (Wildman–Crippen MR) is 122 cm³/mol. The summed E-state index contributed by atoms with van der Waals surface area (Å²) in [5, 5.41) is 8.16. The van der Waals surface area contributed by atoms with Gasteiger partial charge in [-0.3, -0.25) is 19.3 Å². The van der Waals surface area contributed by atoms with Crippen LogP contribution in [0.25, 0.3) is 0 Å². The van der Waals surface area contributed by atoms with Gasteiger partial charge in [-0.15, -0.1) is 0 Å². The summed E-state index contributed by atoms with van der Waals surface area (Å²) in [6.45, 7) is 7.09. The quantitative estimate of drug-likeness (QED) is 0.578. The molecule has 1 aliphatic heterocycles. The third kappa shape index (κ3) is 5.14. The Labute approximate surface area is 187 Å². The van der Waals surface area contributed by atoms with Crippen molar-refractivity contribution in [2.75, 3.05) is 17.2 Å². The third-order valence-corrected chi connectivity index (χ3v) is 5.25. The number of anilines is 2. The highest BCUT2D eigenvalue weighted by Crippen LogP contribution is 2.29. The molecule has 168 valence electrons. The highest BCUT2D eigenvalue weighted by molar-refractivity contribution is 6.10. The molecule has 0 aliphatic carbocycles. The van der Waals surface area contributed by atoms with Crippen LogP contribution in [0.4, 0.5) is 16.2 Å². The minimum Gasteiger partial charge on any atom is -0.326 e. The second-order valence-corrected chi connectivity index (χ2v) is 8.58. The van der Waals surface area contributed by atoms with Gasteiger partial charge in [0.15, 0.2) is 0 Å². The van der Waals surface area contributed by atoms with Crippen LogP contribution in [-0.2, 0) is 19.9 Å². The van der Waals surface area contributed by atoms with E-state index in [2.05, 4.69) is 16.0 Å². The molecule has 3 N–H and O–H groups in total. The van der Waals surface area contributed by atoms with Gasteiger partial charge in [0.25, 0.3) is 5.91 Å². The molecule has 8 nitrogen and oxygen atoms in total. The molecule has 1 atom stereocenters. The fourth-order valence-corrected chi connectivity index (χ4v) is 3.49. The van der Waals surface area contributed by atoms with Gasteiger partial charge in [0, 0.05) is 17.8 Å². The van der Waals surface area contributed by atoms with Gasteiger partial charge in [0.1, 0.15) is 12.1 Å². The number of rotatable bonds is 7. The van der Waals surface area contributed by atoms with Crippen LogP contribution in [0.1, 0.15) is 38.3 Å². The lowest BCUT2D eigenvalue weighted by Gasteiger charge is -2.22. The smallest absolute Gasteiger partial charge is 0.325 e. The zero-order valence-electron chi connectivity index (χ0n) is 18.7. The molecule has 1 saturated heterocycles. The molecule has 1 heterocycles. The van der Waals surface area contributed by atoms with Crippen LogP contribution in [0.15, 0.2) is 48.5 Å². The van der Waals surface area contributed by atoms with E-state index in [0.29, 0.717) is 23.4 Å². The predicted octanol–water partition coefficient (Wildman–Crippen LogP) is 3.39. The van der Waals surface area contributed by atoms with Crippen molar-refractivity contribution >= 4 is 35.1 Å². The Balaban J connectivity index is 1.61. The maximum absolute atomic E-state index is 13.0. The number of aryl methyl sites for hydroxylation is 1. The SMILES string of the molecule is Cc1ccc(C2(C)NC(=O)N(CC(=O)Nc3ccc(NC(=O)CC(C)C)cc3)C2=O)cc1. The van der Waals surface area contributed by atoms with Crippen molar-refractivity contribution in [3.05, 3.63) is 59.7 Å². The van der Waals surface area contributed by atoms with E-state index in [0.717, 1.165) is 10.5 Å². The van der Waals surface area contributed by atoms with Crippen LogP contribution in [0, 0.1) is 12.8 Å². The van der Waals surface area contributed by atoms with Gasteiger partial charge in [-0.05, 0) is 49.6 Å². The van der Waals surface area contributed by atoms with E-state index < -0.39 is 29.9 Å². The Morgan fingerprint density at radius 3 is 2.00 bits per heavy atom. The molecular formula is C24H28N4O4. The number of imide groups is 1. The summed E-state index contributed by atoms with van der Waals surface area (Å²) in [4.78, 5) is 50.6. The fraction of sp³-hybridized carbons (Fsp3) is 0.333. The zero-order valence-corrected chi connectivity index (χ0v) is 18.7. The summed E-state index contributed by atoms with van der Waals surface area (Å²) in [6.07, 6.45) is 0.423. The summed E-state index contributed by atoms with van der Waals surface area (Å²) >= 11 is 0. The lowest BCUT2D eigenvalue weighted by Crippen LogP contribution is -2.42. The highest BCUT2D eigenvalue weighted by atomic mass is 16.2. The topological polar surface area (TPSA) is 108 Å². The Kier molecular flexibility index (Phi) is 6.62. The average Bonchev–Trinajstić information content (AvgIpc) is 2.93. The Hall–Kier alpha value is -3.68. The molecule has 1 aliphatic rings. The highest BCUT2D eigenvalue weighted by Gasteiger charge is 2.49. The molecular weight excluding hydrogens is 408 g/mol. The summed E-state index contributed by atoms with van der Waals surface area (Å²) in [7, 11) is 0. The molecule has 0 bridgehead atoms. The minimum atomic E-state index is -1.22. The van der Waals surface area contributed by atoms with Crippen molar-refractivity contribution in [3.8, 4) is 0 Å². The van der Waals surface area contributed by atoms with Crippen LogP contribution in [-0.4, -0.2) is 35.2 Å². The van der Waals surface area contributed by atoms with E-state index >= 15 is 0 Å². The van der Waals surface area contributed by atoms with Crippen LogP contribution < -0.4 is 16.0 Å². The summed E-state index contributed by atoms with van der Waals surface area (Å²) in [5.74, 6) is -0.804. The van der Waals surface area contributed by atoms with Crippen molar-refractivity contribution in [1.82, 2.24) is 10.2 Å². The van der Waals surface area contributed by atoms with Gasteiger partial charge < -0.3 is 16.0 Å². The number of nitrogens with zero attached hydrogens (tertiary/aromatic N) is 1. The molecule has 2 aromatic rings. The average molecular weight is 437 g/mol. The Morgan fingerprint density at radius 2 is 1.47 bits per heavy atom. The number of nitrogens with one attached hydrogen (secondary N) is 3. The molecule has 3 rings (SSSR count). The number of carbonyl (C=O) groups excluding carboxylic acids is 4. The standard InChI is InChI=1S/C24H28N4O4/c1-15(2)13-20(29)25-18-9-11-19(12-10-18)26-21(30)14-28-22(31)24(4,27-23(28)32)17-7-5-16(3)6-8-17/h5-12,15H,13-14H2,1-4H3,(H,25,29)(H,26,30)(H,27,32). The molecule has 0 saturated carbocycles. The van der Waals surface area contributed by atoms with Gasteiger partial charge in [0.2, 0.25) is 11.8 Å². The summed E-state index contributed by atoms with van der Waals surface area (Å²) in [6, 6.07) is 13.3. The van der Waals surface area contributed by atoms with Gasteiger partial charge in [-0.25, -0.2) is 4.79 Å². The van der Waals surface area contributed by atoms with Crippen molar-refractivity contribution < 1.29 is 19.2 Å². The number of urea groups is 1. The van der Waals surface area contributed by atoms with Crippen molar-refractivity contribution in [3.63, 3.8) is 0 Å². The lowest BCUT2D eigenvalue weighted by atomic mass is 9.91. The molecule has 0 spiro atoms. The van der Waals surface area contributed by atoms with E-state index in [9.17, 15) is 19.2 Å². The number of hydrogen-bond acceptors (Lipinski definition) is 4. The molecule has 5 amide bonds. The van der Waals surface area contributed by atoms with Crippen LogP contribution >= 0.6 is 0 Å². The molecule has 1 fully saturated rings. The number of carbonyl (C=O) groups is 4. The first kappa shape index (κ1) is 23.0. The third-order valence-electron chi connectivity index (χ3n) is 5.25. The Morgan fingerprint density at radius 1 is 0.938 bits per heavy atom. The molecule has 0 radical (unpaired) electrons. The largest absolute Gasteiger partial charge is 0.326 e. The maximum Gasteiger partial charge on any atom is 0.325 e. The van der Waals surface area contributed by atoms with E-state index in [1.807, 2.05) is 32.9 Å². The van der Waals surface area contributed by atoms with Crippen LogP contribution in [0.3, 0.4) is 0 Å². The lowest BCUT2D eigenvalue weighted by molar-refractivity contribution is -0.133. The van der Waals surface area contributed by atoms with E-state index in [-0.39, 0.29) is 11.8 Å². The van der Waals surface area contributed by atoms with Gasteiger partial charge in [-0.1, -0.05) is 43.7 Å². The van der Waals surface area contributed by atoms with Crippen LogP contribution in [0.2, 0.25) is 0 Å². The van der Waals surface area contributed by atoms with E-state index in [1.165, 1.54) is 0 Å². The second kappa shape index (κ2) is 9.21. The number of amides is 5. The van der Waals surface area contributed by atoms with Crippen LogP contribution in [0.5, 0.6) is 0 Å². The maximum atomic E-state index is 13.0. The summed E-state index contributed by atoms with van der Waals surface area (Å²) in [5.41, 5.74) is 1.58.